The van der Waals surface area contributed by atoms with E-state index >= 15 is 0 Å². The third kappa shape index (κ3) is 3.93. The van der Waals surface area contributed by atoms with Crippen molar-refractivity contribution in [3.05, 3.63) is 0 Å². The number of carbonyl (C=O) groups is 1. The molecule has 1 N–H and O–H groups in total. The maximum atomic E-state index is 11.9. The molecule has 0 aromatic heterocycles. The van der Waals surface area contributed by atoms with Gasteiger partial charge in [0.25, 0.3) is 0 Å². The minimum absolute atomic E-state index is 0.223. The van der Waals surface area contributed by atoms with Gasteiger partial charge in [0.2, 0.25) is 5.91 Å². The number of nitrogens with zero attached hydrogens (tertiary/aromatic N) is 1. The molecule has 0 aromatic rings. The first-order chi connectivity index (χ1) is 9.31. The van der Waals surface area contributed by atoms with Gasteiger partial charge in [0.15, 0.2) is 0 Å². The summed E-state index contributed by atoms with van der Waals surface area (Å²) in [7, 11) is 0. The van der Waals surface area contributed by atoms with Crippen molar-refractivity contribution in [1.82, 2.24) is 10.2 Å². The molecule has 0 bridgehead atoms. The average Bonchev–Trinajstić information content (AvgIpc) is 3.14. The van der Waals surface area contributed by atoms with Crippen molar-refractivity contribution in [2.24, 2.45) is 5.92 Å². The summed E-state index contributed by atoms with van der Waals surface area (Å²) in [5.41, 5.74) is 0. The first-order valence-electron chi connectivity index (χ1n) is 7.93. The second-order valence-corrected chi connectivity index (χ2v) is 6.35. The molecule has 2 heterocycles. The number of likely N-dealkylation sites (tertiary alicyclic amines) is 1. The predicted molar refractivity (Wildman–Crippen MR) is 73.9 cm³/mol. The first kappa shape index (κ1) is 13.4. The van der Waals surface area contributed by atoms with Crippen molar-refractivity contribution in [3.8, 4) is 0 Å². The fraction of sp³-hybridized carbons (Fsp3) is 0.933. The summed E-state index contributed by atoms with van der Waals surface area (Å²) in [5, 5.41) is 3.04. The van der Waals surface area contributed by atoms with E-state index in [1.54, 1.807) is 0 Å². The molecule has 1 unspecified atom stereocenters. The molecule has 3 fully saturated rings. The van der Waals surface area contributed by atoms with Crippen molar-refractivity contribution < 1.29 is 9.53 Å². The highest BCUT2D eigenvalue weighted by atomic mass is 16.5. The van der Waals surface area contributed by atoms with E-state index in [2.05, 4.69) is 10.2 Å². The van der Waals surface area contributed by atoms with Crippen LogP contribution in [0.2, 0.25) is 0 Å². The van der Waals surface area contributed by atoms with E-state index in [0.29, 0.717) is 18.9 Å². The SMILES string of the molecule is O=C(CC1CCN(C2CC2)CC1)NCC1CCCO1. The molecule has 4 heteroatoms. The van der Waals surface area contributed by atoms with Crippen LogP contribution in [0.4, 0.5) is 0 Å². The zero-order chi connectivity index (χ0) is 13.1. The van der Waals surface area contributed by atoms with E-state index in [1.807, 2.05) is 0 Å². The molecule has 3 rings (SSSR count). The van der Waals surface area contributed by atoms with Gasteiger partial charge in [-0.3, -0.25) is 4.79 Å². The summed E-state index contributed by atoms with van der Waals surface area (Å²) in [6, 6.07) is 0.884. The van der Waals surface area contributed by atoms with Crippen LogP contribution in [0.5, 0.6) is 0 Å². The quantitative estimate of drug-likeness (QED) is 0.821. The lowest BCUT2D eigenvalue weighted by atomic mass is 9.93. The van der Waals surface area contributed by atoms with E-state index in [4.69, 9.17) is 4.74 Å². The monoisotopic (exact) mass is 266 g/mol. The lowest BCUT2D eigenvalue weighted by Gasteiger charge is -2.31. The molecule has 0 spiro atoms. The molecular weight excluding hydrogens is 240 g/mol. The van der Waals surface area contributed by atoms with Crippen molar-refractivity contribution in [2.75, 3.05) is 26.2 Å². The second kappa shape index (κ2) is 6.23. The first-order valence-corrected chi connectivity index (χ1v) is 7.93. The highest BCUT2D eigenvalue weighted by Gasteiger charge is 2.32. The summed E-state index contributed by atoms with van der Waals surface area (Å²) >= 11 is 0. The molecule has 3 aliphatic rings. The summed E-state index contributed by atoms with van der Waals surface area (Å²) in [5.74, 6) is 0.819. The molecule has 108 valence electrons. The van der Waals surface area contributed by atoms with Gasteiger partial charge in [-0.05, 0) is 57.5 Å². The van der Waals surface area contributed by atoms with E-state index in [1.165, 1.54) is 38.8 Å². The molecule has 1 amide bonds. The van der Waals surface area contributed by atoms with Crippen molar-refractivity contribution in [2.45, 2.75) is 57.1 Å². The summed E-state index contributed by atoms with van der Waals surface area (Å²) in [6.07, 6.45) is 8.40. The number of rotatable bonds is 5. The number of hydrogen-bond acceptors (Lipinski definition) is 3. The zero-order valence-electron chi connectivity index (χ0n) is 11.8. The number of hydrogen-bond donors (Lipinski definition) is 1. The van der Waals surface area contributed by atoms with E-state index < -0.39 is 0 Å². The molecular formula is C15H26N2O2. The topological polar surface area (TPSA) is 41.6 Å². The van der Waals surface area contributed by atoms with Crippen LogP contribution in [0.25, 0.3) is 0 Å². The highest BCUT2D eigenvalue weighted by molar-refractivity contribution is 5.76. The smallest absolute Gasteiger partial charge is 0.220 e. The van der Waals surface area contributed by atoms with Crippen LogP contribution in [-0.2, 0) is 9.53 Å². The summed E-state index contributed by atoms with van der Waals surface area (Å²) < 4.78 is 5.52. The Kier molecular flexibility index (Phi) is 4.38. The Balaban J connectivity index is 1.31. The number of ether oxygens (including phenoxy) is 1. The fourth-order valence-corrected chi connectivity index (χ4v) is 3.33. The molecule has 0 radical (unpaired) electrons. The molecule has 1 atom stereocenters. The molecule has 0 aromatic carbocycles. The standard InChI is InChI=1S/C15H26N2O2/c18-15(16-11-14-2-1-9-19-14)10-12-5-7-17(8-6-12)13-3-4-13/h12-14H,1-11H2,(H,16,18). The van der Waals surface area contributed by atoms with Gasteiger partial charge in [0.05, 0.1) is 6.10 Å². The van der Waals surface area contributed by atoms with Gasteiger partial charge in [-0.2, -0.15) is 0 Å². The normalized spacial score (nSPS) is 29.6. The van der Waals surface area contributed by atoms with Crippen molar-refractivity contribution in [3.63, 3.8) is 0 Å². The molecule has 19 heavy (non-hydrogen) atoms. The minimum Gasteiger partial charge on any atom is -0.376 e. The summed E-state index contributed by atoms with van der Waals surface area (Å²) in [4.78, 5) is 14.5. The largest absolute Gasteiger partial charge is 0.376 e. The molecule has 2 aliphatic heterocycles. The lowest BCUT2D eigenvalue weighted by molar-refractivity contribution is -0.122. The Morgan fingerprint density at radius 3 is 2.58 bits per heavy atom. The van der Waals surface area contributed by atoms with Gasteiger partial charge in [0.1, 0.15) is 0 Å². The van der Waals surface area contributed by atoms with Crippen LogP contribution in [0.1, 0.15) is 44.9 Å². The second-order valence-electron chi connectivity index (χ2n) is 6.35. The van der Waals surface area contributed by atoms with Gasteiger partial charge < -0.3 is 15.0 Å². The Morgan fingerprint density at radius 1 is 1.16 bits per heavy atom. The van der Waals surface area contributed by atoms with Gasteiger partial charge in [-0.1, -0.05) is 0 Å². The van der Waals surface area contributed by atoms with Crippen molar-refractivity contribution >= 4 is 5.91 Å². The van der Waals surface area contributed by atoms with Crippen LogP contribution >= 0.6 is 0 Å². The average molecular weight is 266 g/mol. The van der Waals surface area contributed by atoms with Gasteiger partial charge in [0, 0.05) is 25.6 Å². The van der Waals surface area contributed by atoms with Gasteiger partial charge >= 0.3 is 0 Å². The molecule has 1 saturated carbocycles. The van der Waals surface area contributed by atoms with Crippen LogP contribution in [0.15, 0.2) is 0 Å². The van der Waals surface area contributed by atoms with E-state index in [9.17, 15) is 4.79 Å². The molecule has 1 aliphatic carbocycles. The number of piperidine rings is 1. The maximum Gasteiger partial charge on any atom is 0.220 e. The fourth-order valence-electron chi connectivity index (χ4n) is 3.33. The molecule has 4 nitrogen and oxygen atoms in total. The van der Waals surface area contributed by atoms with Crippen LogP contribution in [0.3, 0.4) is 0 Å². The third-order valence-electron chi connectivity index (χ3n) is 4.74. The zero-order valence-corrected chi connectivity index (χ0v) is 11.8. The molecule has 2 saturated heterocycles. The van der Waals surface area contributed by atoms with Gasteiger partial charge in [-0.25, -0.2) is 0 Å². The highest BCUT2D eigenvalue weighted by Crippen LogP contribution is 2.31. The third-order valence-corrected chi connectivity index (χ3v) is 4.74. The Labute approximate surface area is 115 Å². The number of carbonyl (C=O) groups excluding carboxylic acids is 1. The Hall–Kier alpha value is -0.610. The van der Waals surface area contributed by atoms with Crippen LogP contribution in [0, 0.1) is 5.92 Å². The predicted octanol–water partition coefficient (Wildman–Crippen LogP) is 1.55. The number of nitrogens with one attached hydrogen (secondary N) is 1. The van der Waals surface area contributed by atoms with Gasteiger partial charge in [-0.15, -0.1) is 0 Å². The maximum absolute atomic E-state index is 11.9. The van der Waals surface area contributed by atoms with Crippen LogP contribution in [-0.4, -0.2) is 49.2 Å². The lowest BCUT2D eigenvalue weighted by Crippen LogP contribution is -2.38. The van der Waals surface area contributed by atoms with E-state index in [-0.39, 0.29) is 12.0 Å². The number of amides is 1. The van der Waals surface area contributed by atoms with Crippen LogP contribution < -0.4 is 5.32 Å². The van der Waals surface area contributed by atoms with E-state index in [0.717, 1.165) is 25.5 Å². The Morgan fingerprint density at radius 2 is 1.95 bits per heavy atom. The minimum atomic E-state index is 0.223. The van der Waals surface area contributed by atoms with Crippen molar-refractivity contribution in [1.29, 1.82) is 0 Å². The summed E-state index contributed by atoms with van der Waals surface area (Å²) in [6.45, 7) is 3.97. The Bertz CT molecular complexity index is 303.